The predicted molar refractivity (Wildman–Crippen MR) is 182 cm³/mol. The van der Waals surface area contributed by atoms with E-state index in [-0.39, 0.29) is 17.2 Å². The van der Waals surface area contributed by atoms with E-state index >= 15 is 0 Å². The molecule has 3 rings (SSSR count). The van der Waals surface area contributed by atoms with Crippen molar-refractivity contribution >= 4 is 59.1 Å². The molecule has 1 aliphatic carbocycles. The molecule has 4 N–H and O–H groups in total. The highest BCUT2D eigenvalue weighted by Crippen LogP contribution is 2.35. The fourth-order valence-electron chi connectivity index (χ4n) is 6.31. The van der Waals surface area contributed by atoms with Crippen LogP contribution in [0.25, 0.3) is 0 Å². The lowest BCUT2D eigenvalue weighted by Gasteiger charge is -2.49. The van der Waals surface area contributed by atoms with E-state index in [0.29, 0.717) is 0 Å². The average molecular weight is 792 g/mol. The Morgan fingerprint density at radius 3 is 1.52 bits per heavy atom. The quantitative estimate of drug-likeness (QED) is 0.119. The van der Waals surface area contributed by atoms with E-state index in [1.165, 1.54) is 0 Å². The van der Waals surface area contributed by atoms with Crippen LogP contribution in [-0.4, -0.2) is 134 Å². The summed E-state index contributed by atoms with van der Waals surface area (Å²) in [5, 5.41) is 6.14. The van der Waals surface area contributed by atoms with E-state index in [0.717, 1.165) is 74.1 Å². The number of rotatable bonds is 13. The molecule has 2 saturated heterocycles. The zero-order chi connectivity index (χ0) is 40.3. The molecule has 0 aromatic carbocycles. The minimum absolute atomic E-state index is 0.0614. The summed E-state index contributed by atoms with van der Waals surface area (Å²) in [7, 11) is 0. The first-order valence-electron chi connectivity index (χ1n) is 17.3. The Labute approximate surface area is 316 Å². The molecule has 12 atom stereocenters. The third-order valence-corrected chi connectivity index (χ3v) is 8.57. The molecular weight excluding hydrogens is 742 g/mol. The normalized spacial score (nSPS) is 32.1. The van der Waals surface area contributed by atoms with E-state index < -0.39 is 116 Å². The maximum atomic E-state index is 12.6. The highest BCUT2D eigenvalue weighted by atomic mass is 32.1. The highest BCUT2D eigenvalue weighted by Gasteiger charge is 2.57. The smallest absolute Gasteiger partial charge is 0.303 e. The summed E-state index contributed by atoms with van der Waals surface area (Å²) >= 11 is 5.56. The van der Waals surface area contributed by atoms with Crippen molar-refractivity contribution in [3.8, 4) is 0 Å². The molecule has 21 heteroatoms. The lowest BCUT2D eigenvalue weighted by atomic mass is 9.91. The van der Waals surface area contributed by atoms with Crippen molar-refractivity contribution in [2.45, 2.75) is 148 Å². The topological polar surface area (TPSA) is 262 Å². The fourth-order valence-corrected chi connectivity index (χ4v) is 6.57. The predicted octanol–water partition coefficient (Wildman–Crippen LogP) is -0.660. The first-order valence-corrected chi connectivity index (χ1v) is 17.7. The third kappa shape index (κ3) is 13.3. The van der Waals surface area contributed by atoms with Crippen LogP contribution < -0.4 is 16.4 Å². The second-order valence-electron chi connectivity index (χ2n) is 12.9. The summed E-state index contributed by atoms with van der Waals surface area (Å²) in [6.45, 7) is 6.44. The number of ether oxygens (including phenoxy) is 10. The Hall–Kier alpha value is -4.18. The first-order chi connectivity index (χ1) is 25.4. The largest absolute Gasteiger partial charge is 0.463 e. The number of nitrogens with one attached hydrogen (secondary N) is 2. The number of nitrogens with two attached hydrogens (primary N) is 1. The van der Waals surface area contributed by atoms with Crippen molar-refractivity contribution < 1.29 is 80.9 Å². The van der Waals surface area contributed by atoms with Crippen molar-refractivity contribution in [2.24, 2.45) is 5.73 Å². The average Bonchev–Trinajstić information content (AvgIpc) is 3.04. The molecule has 2 aliphatic heterocycles. The van der Waals surface area contributed by atoms with Gasteiger partial charge in [-0.15, -0.1) is 0 Å². The number of thiocarbonyl (C=S) groups is 1. The first kappa shape index (κ1) is 44.2. The molecule has 0 aromatic heterocycles. The lowest BCUT2D eigenvalue weighted by Crippen LogP contribution is -2.69. The Balaban J connectivity index is 2.11. The van der Waals surface area contributed by atoms with Gasteiger partial charge in [0.05, 0.1) is 0 Å². The van der Waals surface area contributed by atoms with Gasteiger partial charge in [-0.05, 0) is 25.1 Å². The number of carbonyl (C=O) groups excluding carboxylic acids is 7. The molecule has 2 heterocycles. The SMILES string of the molecule is CC(=O)OC[C@H]1O[C@@H](NC(=S)N[C@@H]2CCCC[C@H]2N)[C@H](OC(C)=O)[C@@H](OC(C)=O)[C@@H]1O[C@H]1O[C@H](COC(C)=O)[C@@H](OC(C)=O)[C@H](OC(C)=O)[C@H]1OC(C)=O. The molecule has 20 nitrogen and oxygen atoms in total. The molecule has 304 valence electrons. The Morgan fingerprint density at radius 2 is 1.02 bits per heavy atom. The van der Waals surface area contributed by atoms with Crippen molar-refractivity contribution in [3.05, 3.63) is 0 Å². The maximum Gasteiger partial charge on any atom is 0.303 e. The van der Waals surface area contributed by atoms with Crippen LogP contribution in [0.15, 0.2) is 0 Å². The molecule has 0 spiro atoms. The molecule has 3 aliphatic rings. The van der Waals surface area contributed by atoms with Crippen LogP contribution in [0, 0.1) is 0 Å². The van der Waals surface area contributed by atoms with E-state index in [2.05, 4.69) is 10.6 Å². The van der Waals surface area contributed by atoms with Gasteiger partial charge in [-0.1, -0.05) is 12.8 Å². The van der Waals surface area contributed by atoms with Gasteiger partial charge in [-0.3, -0.25) is 33.6 Å². The number of hydrogen-bond donors (Lipinski definition) is 3. The Morgan fingerprint density at radius 1 is 0.574 bits per heavy atom. The molecule has 54 heavy (non-hydrogen) atoms. The van der Waals surface area contributed by atoms with E-state index in [1.54, 1.807) is 0 Å². The van der Waals surface area contributed by atoms with Crippen molar-refractivity contribution in [3.63, 3.8) is 0 Å². The van der Waals surface area contributed by atoms with E-state index in [9.17, 15) is 33.6 Å². The Bertz CT molecular complexity index is 1400. The van der Waals surface area contributed by atoms with E-state index in [4.69, 9.17) is 65.3 Å². The minimum atomic E-state index is -1.80. The molecule has 0 bridgehead atoms. The van der Waals surface area contributed by atoms with Gasteiger partial charge in [-0.25, -0.2) is 0 Å². The summed E-state index contributed by atoms with van der Waals surface area (Å²) in [5.41, 5.74) is 6.29. The van der Waals surface area contributed by atoms with Crippen LogP contribution in [0.4, 0.5) is 0 Å². The number of carbonyl (C=O) groups is 7. The summed E-state index contributed by atoms with van der Waals surface area (Å²) in [6.07, 6.45) is -12.0. The van der Waals surface area contributed by atoms with Gasteiger partial charge in [-0.2, -0.15) is 0 Å². The van der Waals surface area contributed by atoms with Gasteiger partial charge in [0.1, 0.15) is 31.5 Å². The van der Waals surface area contributed by atoms with Crippen LogP contribution in [0.1, 0.15) is 74.1 Å². The van der Waals surface area contributed by atoms with Crippen LogP contribution in [-0.2, 0) is 80.9 Å². The molecule has 0 amide bonds. The second-order valence-corrected chi connectivity index (χ2v) is 13.3. The van der Waals surface area contributed by atoms with Crippen molar-refractivity contribution in [1.82, 2.24) is 10.6 Å². The van der Waals surface area contributed by atoms with Crippen LogP contribution >= 0.6 is 12.2 Å². The highest BCUT2D eigenvalue weighted by molar-refractivity contribution is 7.80. The second kappa shape index (κ2) is 20.5. The van der Waals surface area contributed by atoms with Crippen LogP contribution in [0.2, 0.25) is 0 Å². The lowest BCUT2D eigenvalue weighted by molar-refractivity contribution is -0.345. The summed E-state index contributed by atoms with van der Waals surface area (Å²) in [6, 6.07) is -0.380. The van der Waals surface area contributed by atoms with Gasteiger partial charge in [0.15, 0.2) is 48.2 Å². The van der Waals surface area contributed by atoms with Gasteiger partial charge in [0.25, 0.3) is 0 Å². The Kier molecular flexibility index (Phi) is 16.8. The van der Waals surface area contributed by atoms with Crippen molar-refractivity contribution in [1.29, 1.82) is 0 Å². The third-order valence-electron chi connectivity index (χ3n) is 8.34. The van der Waals surface area contributed by atoms with Gasteiger partial charge in [0, 0.05) is 60.5 Å². The monoisotopic (exact) mass is 791 g/mol. The number of esters is 7. The van der Waals surface area contributed by atoms with Crippen LogP contribution in [0.5, 0.6) is 0 Å². The molecule has 3 fully saturated rings. The molecule has 0 radical (unpaired) electrons. The summed E-state index contributed by atoms with van der Waals surface area (Å²) in [4.78, 5) is 86.0. The summed E-state index contributed by atoms with van der Waals surface area (Å²) < 4.78 is 56.8. The zero-order valence-electron chi connectivity index (χ0n) is 31.1. The van der Waals surface area contributed by atoms with Gasteiger partial charge >= 0.3 is 41.8 Å². The summed E-state index contributed by atoms with van der Waals surface area (Å²) in [5.74, 6) is -5.84. The molecule has 0 unspecified atom stereocenters. The zero-order valence-corrected chi connectivity index (χ0v) is 31.9. The molecular formula is C33H49N3O17S. The molecule has 0 aromatic rings. The van der Waals surface area contributed by atoms with Gasteiger partial charge in [0.2, 0.25) is 0 Å². The van der Waals surface area contributed by atoms with Crippen molar-refractivity contribution in [2.75, 3.05) is 13.2 Å². The van der Waals surface area contributed by atoms with Gasteiger partial charge < -0.3 is 63.7 Å². The molecule has 1 saturated carbocycles. The number of hydrogen-bond acceptors (Lipinski definition) is 19. The standard InChI is InChI=1S/C33H49N3O17S/c1-14(37)44-12-23-26(27(47-17(4)40)29(49-19(6)42)31(51-23)36-33(54)35-22-11-9-8-10-21(22)34)53-32-30(50-20(7)43)28(48-18(5)41)25(46-16(3)39)24(52-32)13-45-15(2)38/h21-32H,8-13,34H2,1-7H3,(H2,35,36,54)/t21-,22-,23-,24-,25-,26-,27+,28+,29-,30-,31-,32-/m1/s1. The maximum absolute atomic E-state index is 12.6. The fraction of sp³-hybridized carbons (Fsp3) is 0.758. The van der Waals surface area contributed by atoms with Crippen LogP contribution in [0.3, 0.4) is 0 Å². The van der Waals surface area contributed by atoms with E-state index in [1.807, 2.05) is 0 Å². The minimum Gasteiger partial charge on any atom is -0.463 e.